The lowest BCUT2D eigenvalue weighted by molar-refractivity contribution is -0.126. The first-order valence-electron chi connectivity index (χ1n) is 8.56. The molecule has 2 amide bonds. The SMILES string of the molecule is O=C(NCCSCc1ccc(Br)s1)C1CCN(C(=O)c2cccs2)CC1. The Labute approximate surface area is 174 Å². The number of thiophene rings is 2. The number of likely N-dealkylation sites (tertiary alicyclic amines) is 1. The third kappa shape index (κ3) is 5.58. The van der Waals surface area contributed by atoms with Crippen LogP contribution in [0, 0.1) is 5.92 Å². The molecule has 0 atom stereocenters. The van der Waals surface area contributed by atoms with Crippen LogP contribution in [0.15, 0.2) is 33.4 Å². The summed E-state index contributed by atoms with van der Waals surface area (Å²) < 4.78 is 1.16. The van der Waals surface area contributed by atoms with Gasteiger partial charge in [-0.3, -0.25) is 9.59 Å². The molecule has 1 aliphatic rings. The third-order valence-electron chi connectivity index (χ3n) is 4.30. The van der Waals surface area contributed by atoms with E-state index in [0.29, 0.717) is 19.6 Å². The van der Waals surface area contributed by atoms with Crippen LogP contribution in [0.25, 0.3) is 0 Å². The normalized spacial score (nSPS) is 15.2. The van der Waals surface area contributed by atoms with Crippen molar-refractivity contribution in [1.82, 2.24) is 10.2 Å². The van der Waals surface area contributed by atoms with Crippen LogP contribution in [-0.4, -0.2) is 42.1 Å². The molecule has 0 aliphatic carbocycles. The minimum atomic E-state index is 0.0284. The summed E-state index contributed by atoms with van der Waals surface area (Å²) >= 11 is 8.53. The molecule has 2 aromatic rings. The van der Waals surface area contributed by atoms with Crippen LogP contribution in [0.5, 0.6) is 0 Å². The van der Waals surface area contributed by atoms with Gasteiger partial charge in [0.1, 0.15) is 0 Å². The molecule has 3 heterocycles. The van der Waals surface area contributed by atoms with Crippen molar-refractivity contribution in [2.75, 3.05) is 25.4 Å². The zero-order chi connectivity index (χ0) is 18.4. The van der Waals surface area contributed by atoms with Crippen LogP contribution >= 0.6 is 50.4 Å². The first-order chi connectivity index (χ1) is 12.6. The molecule has 0 radical (unpaired) electrons. The monoisotopic (exact) mass is 472 g/mol. The van der Waals surface area contributed by atoms with Gasteiger partial charge >= 0.3 is 0 Å². The highest BCUT2D eigenvalue weighted by atomic mass is 79.9. The van der Waals surface area contributed by atoms with E-state index in [4.69, 9.17) is 0 Å². The van der Waals surface area contributed by atoms with Crippen molar-refractivity contribution < 1.29 is 9.59 Å². The van der Waals surface area contributed by atoms with E-state index in [1.165, 1.54) is 16.2 Å². The largest absolute Gasteiger partial charge is 0.355 e. The van der Waals surface area contributed by atoms with Gasteiger partial charge in [0.15, 0.2) is 0 Å². The minimum Gasteiger partial charge on any atom is -0.355 e. The van der Waals surface area contributed by atoms with Gasteiger partial charge in [0, 0.05) is 41.9 Å². The van der Waals surface area contributed by atoms with Crippen molar-refractivity contribution in [3.05, 3.63) is 43.2 Å². The second-order valence-electron chi connectivity index (χ2n) is 6.09. The van der Waals surface area contributed by atoms with Crippen LogP contribution in [0.1, 0.15) is 27.4 Å². The molecule has 2 aromatic heterocycles. The van der Waals surface area contributed by atoms with Gasteiger partial charge in [-0.25, -0.2) is 0 Å². The van der Waals surface area contributed by atoms with Crippen LogP contribution in [0.2, 0.25) is 0 Å². The number of piperidine rings is 1. The summed E-state index contributed by atoms with van der Waals surface area (Å²) in [5.41, 5.74) is 0. The Morgan fingerprint density at radius 3 is 2.73 bits per heavy atom. The minimum absolute atomic E-state index is 0.0284. The first kappa shape index (κ1) is 19.9. The summed E-state index contributed by atoms with van der Waals surface area (Å²) in [4.78, 5) is 28.6. The van der Waals surface area contributed by atoms with Gasteiger partial charge in [-0.05, 0) is 52.4 Å². The Bertz CT molecular complexity index is 725. The van der Waals surface area contributed by atoms with Crippen LogP contribution in [0.4, 0.5) is 0 Å². The van der Waals surface area contributed by atoms with Crippen LogP contribution in [-0.2, 0) is 10.5 Å². The predicted molar refractivity (Wildman–Crippen MR) is 114 cm³/mol. The summed E-state index contributed by atoms with van der Waals surface area (Å²) in [6.07, 6.45) is 1.50. The zero-order valence-corrected chi connectivity index (χ0v) is 18.3. The van der Waals surface area contributed by atoms with Crippen molar-refractivity contribution in [3.63, 3.8) is 0 Å². The molecule has 26 heavy (non-hydrogen) atoms. The maximum atomic E-state index is 12.3. The highest BCUT2D eigenvalue weighted by Crippen LogP contribution is 2.25. The lowest BCUT2D eigenvalue weighted by atomic mass is 9.96. The maximum absolute atomic E-state index is 12.3. The molecule has 0 unspecified atom stereocenters. The van der Waals surface area contributed by atoms with Gasteiger partial charge in [-0.15, -0.1) is 22.7 Å². The molecule has 3 rings (SSSR count). The topological polar surface area (TPSA) is 49.4 Å². The van der Waals surface area contributed by atoms with Crippen molar-refractivity contribution in [2.24, 2.45) is 5.92 Å². The van der Waals surface area contributed by atoms with Crippen LogP contribution in [0.3, 0.4) is 0 Å². The number of nitrogens with one attached hydrogen (secondary N) is 1. The number of hydrogen-bond acceptors (Lipinski definition) is 5. The van der Waals surface area contributed by atoms with Gasteiger partial charge in [-0.1, -0.05) is 6.07 Å². The lowest BCUT2D eigenvalue weighted by Crippen LogP contribution is -2.43. The molecular weight excluding hydrogens is 452 g/mol. The third-order valence-corrected chi connectivity index (χ3v) is 7.98. The molecule has 0 spiro atoms. The molecule has 0 aromatic carbocycles. The summed E-state index contributed by atoms with van der Waals surface area (Å²) in [5, 5.41) is 4.97. The fourth-order valence-corrected chi connectivity index (χ4v) is 6.04. The number of nitrogens with zero attached hydrogens (tertiary/aromatic N) is 1. The smallest absolute Gasteiger partial charge is 0.263 e. The highest BCUT2D eigenvalue weighted by molar-refractivity contribution is 9.11. The molecule has 1 aliphatic heterocycles. The molecular formula is C18H21BrN2O2S3. The van der Waals surface area contributed by atoms with E-state index < -0.39 is 0 Å². The number of hydrogen-bond donors (Lipinski definition) is 1. The van der Waals surface area contributed by atoms with E-state index >= 15 is 0 Å². The molecule has 1 fully saturated rings. The fourth-order valence-electron chi connectivity index (χ4n) is 2.89. The van der Waals surface area contributed by atoms with E-state index in [-0.39, 0.29) is 17.7 Å². The Balaban J connectivity index is 1.31. The van der Waals surface area contributed by atoms with Crippen molar-refractivity contribution in [1.29, 1.82) is 0 Å². The Morgan fingerprint density at radius 2 is 2.08 bits per heavy atom. The van der Waals surface area contributed by atoms with E-state index in [2.05, 4.69) is 33.4 Å². The molecule has 0 saturated carbocycles. The fraction of sp³-hybridized carbons (Fsp3) is 0.444. The summed E-state index contributed by atoms with van der Waals surface area (Å²) in [6, 6.07) is 7.95. The second kappa shape index (κ2) is 9.92. The highest BCUT2D eigenvalue weighted by Gasteiger charge is 2.27. The quantitative estimate of drug-likeness (QED) is 0.604. The van der Waals surface area contributed by atoms with E-state index in [1.54, 1.807) is 11.3 Å². The number of thioether (sulfide) groups is 1. The molecule has 4 nitrogen and oxygen atoms in total. The van der Waals surface area contributed by atoms with Gasteiger partial charge in [0.05, 0.1) is 8.66 Å². The molecule has 140 valence electrons. The summed E-state index contributed by atoms with van der Waals surface area (Å²) in [7, 11) is 0. The van der Waals surface area contributed by atoms with Crippen LogP contribution < -0.4 is 5.32 Å². The molecule has 1 saturated heterocycles. The van der Waals surface area contributed by atoms with Gasteiger partial charge in [0.25, 0.3) is 5.91 Å². The Kier molecular flexibility index (Phi) is 7.60. The van der Waals surface area contributed by atoms with Gasteiger partial charge in [0.2, 0.25) is 5.91 Å². The predicted octanol–water partition coefficient (Wildman–Crippen LogP) is 4.47. The van der Waals surface area contributed by atoms with Gasteiger partial charge in [-0.2, -0.15) is 11.8 Å². The average Bonchev–Trinajstić information content (AvgIpc) is 3.33. The first-order valence-corrected chi connectivity index (χ1v) is 12.2. The number of halogens is 1. The standard InChI is InChI=1S/C18H21BrN2O2S3/c19-16-4-3-14(26-16)12-24-11-7-20-17(22)13-5-8-21(9-6-13)18(23)15-2-1-10-25-15/h1-4,10,13H,5-9,11-12H2,(H,20,22). The Hall–Kier alpha value is -0.830. The van der Waals surface area contributed by atoms with Crippen molar-refractivity contribution in [3.8, 4) is 0 Å². The van der Waals surface area contributed by atoms with E-state index in [1.807, 2.05) is 34.2 Å². The Morgan fingerprint density at radius 1 is 1.27 bits per heavy atom. The maximum Gasteiger partial charge on any atom is 0.263 e. The van der Waals surface area contributed by atoms with E-state index in [9.17, 15) is 9.59 Å². The van der Waals surface area contributed by atoms with Gasteiger partial charge < -0.3 is 10.2 Å². The van der Waals surface area contributed by atoms with Crippen molar-refractivity contribution in [2.45, 2.75) is 18.6 Å². The van der Waals surface area contributed by atoms with E-state index in [0.717, 1.165) is 33.0 Å². The number of rotatable bonds is 7. The van der Waals surface area contributed by atoms with Crippen molar-refractivity contribution >= 4 is 62.2 Å². The summed E-state index contributed by atoms with van der Waals surface area (Å²) in [6.45, 7) is 2.03. The zero-order valence-electron chi connectivity index (χ0n) is 14.3. The number of carbonyl (C=O) groups excluding carboxylic acids is 2. The lowest BCUT2D eigenvalue weighted by Gasteiger charge is -2.31. The number of carbonyl (C=O) groups is 2. The average molecular weight is 473 g/mol. The molecule has 8 heteroatoms. The number of amides is 2. The molecule has 0 bridgehead atoms. The molecule has 1 N–H and O–H groups in total. The summed E-state index contributed by atoms with van der Waals surface area (Å²) in [5.74, 6) is 2.15. The second-order valence-corrected chi connectivity index (χ2v) is 10.7.